The smallest absolute Gasteiger partial charge is 0.214 e. The molecule has 0 bridgehead atoms. The van der Waals surface area contributed by atoms with Crippen LogP contribution in [0.1, 0.15) is 30.4 Å². The van der Waals surface area contributed by atoms with E-state index in [-0.39, 0.29) is 29.7 Å². The van der Waals surface area contributed by atoms with Crippen LogP contribution in [0, 0.1) is 6.92 Å². The van der Waals surface area contributed by atoms with E-state index in [4.69, 9.17) is 0 Å². The fraction of sp³-hybridized carbons (Fsp3) is 0.588. The molecule has 1 aliphatic heterocycles. The Kier molecular flexibility index (Phi) is 9.15. The van der Waals surface area contributed by atoms with E-state index in [0.717, 1.165) is 13.0 Å². The quantitative estimate of drug-likeness (QED) is 0.371. The van der Waals surface area contributed by atoms with Gasteiger partial charge in [0.1, 0.15) is 0 Å². The fourth-order valence-electron chi connectivity index (χ4n) is 2.72. The molecule has 8 heteroatoms. The molecule has 1 heterocycles. The van der Waals surface area contributed by atoms with Gasteiger partial charge in [0.05, 0.1) is 5.75 Å². The summed E-state index contributed by atoms with van der Waals surface area (Å²) in [6.45, 7) is 6.68. The summed E-state index contributed by atoms with van der Waals surface area (Å²) in [5, 5.41) is 6.48. The van der Waals surface area contributed by atoms with Crippen molar-refractivity contribution in [2.24, 2.45) is 4.99 Å². The van der Waals surface area contributed by atoms with Crippen molar-refractivity contribution < 1.29 is 8.42 Å². The van der Waals surface area contributed by atoms with Crippen LogP contribution < -0.4 is 10.6 Å². The van der Waals surface area contributed by atoms with Gasteiger partial charge in [0.25, 0.3) is 0 Å². The van der Waals surface area contributed by atoms with E-state index in [2.05, 4.69) is 53.7 Å². The van der Waals surface area contributed by atoms with Gasteiger partial charge in [0.15, 0.2) is 5.96 Å². The molecule has 1 aromatic carbocycles. The normalized spacial score (nSPS) is 18.4. The lowest BCUT2D eigenvalue weighted by Crippen LogP contribution is -2.42. The number of halogens is 1. The molecular weight excluding hydrogens is 451 g/mol. The number of hydrogen-bond donors (Lipinski definition) is 2. The van der Waals surface area contributed by atoms with E-state index in [9.17, 15) is 8.42 Å². The van der Waals surface area contributed by atoms with E-state index in [0.29, 0.717) is 31.5 Å². The molecule has 142 valence electrons. The number of nitrogens with zero attached hydrogens (tertiary/aromatic N) is 2. The van der Waals surface area contributed by atoms with Crippen molar-refractivity contribution in [2.75, 3.05) is 39.0 Å². The lowest BCUT2D eigenvalue weighted by Gasteiger charge is -2.18. The Balaban J connectivity index is 0.00000312. The fourth-order valence-corrected chi connectivity index (χ4v) is 4.25. The van der Waals surface area contributed by atoms with Crippen molar-refractivity contribution in [3.05, 3.63) is 35.4 Å². The molecule has 0 aromatic heterocycles. The Labute approximate surface area is 168 Å². The van der Waals surface area contributed by atoms with Gasteiger partial charge >= 0.3 is 0 Å². The number of aliphatic imine (C=N–C) groups is 1. The van der Waals surface area contributed by atoms with Crippen LogP contribution in [0.15, 0.2) is 29.3 Å². The Morgan fingerprint density at radius 3 is 2.52 bits per heavy atom. The number of hydrogen-bond acceptors (Lipinski definition) is 3. The Morgan fingerprint density at radius 1 is 1.28 bits per heavy atom. The van der Waals surface area contributed by atoms with E-state index >= 15 is 0 Å². The second-order valence-electron chi connectivity index (χ2n) is 6.26. The molecule has 6 nitrogen and oxygen atoms in total. The maximum atomic E-state index is 11.8. The third kappa shape index (κ3) is 6.74. The minimum absolute atomic E-state index is 0. The summed E-state index contributed by atoms with van der Waals surface area (Å²) in [6, 6.07) is 8.54. The van der Waals surface area contributed by atoms with Crippen LogP contribution in [-0.4, -0.2) is 57.7 Å². The molecule has 0 aliphatic carbocycles. The number of sulfonamides is 1. The number of guanidine groups is 1. The zero-order chi connectivity index (χ0) is 17.6. The average Bonchev–Trinajstić information content (AvgIpc) is 2.89. The van der Waals surface area contributed by atoms with Crippen molar-refractivity contribution in [3.63, 3.8) is 0 Å². The lowest BCUT2D eigenvalue weighted by molar-refractivity contribution is 0.445. The maximum Gasteiger partial charge on any atom is 0.214 e. The first kappa shape index (κ1) is 22.2. The van der Waals surface area contributed by atoms with Gasteiger partial charge in [-0.25, -0.2) is 12.7 Å². The summed E-state index contributed by atoms with van der Waals surface area (Å²) in [5.74, 6) is 1.34. The van der Waals surface area contributed by atoms with Gasteiger partial charge in [-0.05, 0) is 24.8 Å². The first-order valence-corrected chi connectivity index (χ1v) is 10.0. The summed E-state index contributed by atoms with van der Waals surface area (Å²) in [4.78, 5) is 4.19. The molecule has 2 N–H and O–H groups in total. The van der Waals surface area contributed by atoms with Crippen LogP contribution in [0.5, 0.6) is 0 Å². The Morgan fingerprint density at radius 2 is 1.96 bits per heavy atom. The number of nitrogens with one attached hydrogen (secondary N) is 2. The largest absolute Gasteiger partial charge is 0.356 e. The van der Waals surface area contributed by atoms with Gasteiger partial charge in [-0.1, -0.05) is 36.8 Å². The van der Waals surface area contributed by atoms with Crippen LogP contribution in [0.4, 0.5) is 0 Å². The summed E-state index contributed by atoms with van der Waals surface area (Å²) in [5.41, 5.74) is 2.54. The van der Waals surface area contributed by atoms with Crippen molar-refractivity contribution in [1.29, 1.82) is 0 Å². The molecule has 0 spiro atoms. The predicted molar refractivity (Wildman–Crippen MR) is 114 cm³/mol. The minimum atomic E-state index is -3.02. The van der Waals surface area contributed by atoms with Crippen molar-refractivity contribution in [3.8, 4) is 0 Å². The first-order chi connectivity index (χ1) is 11.4. The lowest BCUT2D eigenvalue weighted by atomic mass is 10.0. The molecule has 1 aromatic rings. The third-order valence-corrected chi connectivity index (χ3v) is 6.26. The molecule has 0 radical (unpaired) electrons. The Hall–Kier alpha value is -0.870. The van der Waals surface area contributed by atoms with Crippen molar-refractivity contribution >= 4 is 40.0 Å². The molecule has 1 atom stereocenters. The highest BCUT2D eigenvalue weighted by molar-refractivity contribution is 14.0. The number of rotatable bonds is 6. The zero-order valence-corrected chi connectivity index (χ0v) is 18.3. The van der Waals surface area contributed by atoms with Crippen LogP contribution >= 0.6 is 24.0 Å². The van der Waals surface area contributed by atoms with Gasteiger partial charge in [0.2, 0.25) is 10.0 Å². The molecule has 1 aliphatic rings. The average molecular weight is 480 g/mol. The minimum Gasteiger partial charge on any atom is -0.356 e. The molecular formula is C17H29IN4O2S. The predicted octanol–water partition coefficient (Wildman–Crippen LogP) is 1.92. The molecule has 0 amide bonds. The number of aryl methyl sites for hydroxylation is 1. The molecule has 1 fully saturated rings. The molecule has 0 saturated carbocycles. The zero-order valence-electron chi connectivity index (χ0n) is 15.2. The van der Waals surface area contributed by atoms with Crippen LogP contribution in [0.2, 0.25) is 0 Å². The summed E-state index contributed by atoms with van der Waals surface area (Å²) in [7, 11) is -1.30. The molecule has 2 rings (SSSR count). The monoisotopic (exact) mass is 480 g/mol. The van der Waals surface area contributed by atoms with E-state index in [1.165, 1.54) is 11.1 Å². The van der Waals surface area contributed by atoms with E-state index in [1.807, 2.05) is 0 Å². The van der Waals surface area contributed by atoms with Gasteiger partial charge in [-0.15, -0.1) is 24.0 Å². The highest BCUT2D eigenvalue weighted by Gasteiger charge is 2.27. The van der Waals surface area contributed by atoms with Gasteiger partial charge in [-0.3, -0.25) is 4.99 Å². The van der Waals surface area contributed by atoms with Crippen LogP contribution in [-0.2, 0) is 10.0 Å². The highest BCUT2D eigenvalue weighted by Crippen LogP contribution is 2.14. The second-order valence-corrected chi connectivity index (χ2v) is 8.35. The SMILES string of the molecule is CN=C(NCCN1CCCS1(=O)=O)NCC(C)c1ccc(C)cc1.I. The third-order valence-electron chi connectivity index (χ3n) is 4.30. The van der Waals surface area contributed by atoms with Crippen molar-refractivity contribution in [1.82, 2.24) is 14.9 Å². The molecule has 1 saturated heterocycles. The van der Waals surface area contributed by atoms with E-state index < -0.39 is 10.0 Å². The van der Waals surface area contributed by atoms with E-state index in [1.54, 1.807) is 11.4 Å². The first-order valence-electron chi connectivity index (χ1n) is 8.41. The highest BCUT2D eigenvalue weighted by atomic mass is 127. The Bertz CT molecular complexity index is 662. The summed E-state index contributed by atoms with van der Waals surface area (Å²) >= 11 is 0. The van der Waals surface area contributed by atoms with Crippen molar-refractivity contribution in [2.45, 2.75) is 26.2 Å². The van der Waals surface area contributed by atoms with Gasteiger partial charge < -0.3 is 10.6 Å². The summed E-state index contributed by atoms with van der Waals surface area (Å²) < 4.78 is 25.1. The molecule has 1 unspecified atom stereocenters. The standard InChI is InChI=1S/C17H28N4O2S.HI/c1-14-5-7-16(8-6-14)15(2)13-20-17(18-3)19-9-11-21-10-4-12-24(21,22)23;/h5-8,15H,4,9-13H2,1-3H3,(H2,18,19,20);1H. The second kappa shape index (κ2) is 10.3. The summed E-state index contributed by atoms with van der Waals surface area (Å²) in [6.07, 6.45) is 0.726. The topological polar surface area (TPSA) is 73.8 Å². The number of benzene rings is 1. The van der Waals surface area contributed by atoms with Gasteiger partial charge in [0, 0.05) is 33.2 Å². The molecule has 25 heavy (non-hydrogen) atoms. The van der Waals surface area contributed by atoms with Gasteiger partial charge in [-0.2, -0.15) is 0 Å². The van der Waals surface area contributed by atoms with Crippen LogP contribution in [0.3, 0.4) is 0 Å². The van der Waals surface area contributed by atoms with Crippen LogP contribution in [0.25, 0.3) is 0 Å². The maximum absolute atomic E-state index is 11.8.